The zero-order valence-corrected chi connectivity index (χ0v) is 10.4. The van der Waals surface area contributed by atoms with Gasteiger partial charge in [0.25, 0.3) is 0 Å². The van der Waals surface area contributed by atoms with Gasteiger partial charge in [-0.15, -0.1) is 0 Å². The second-order valence-corrected chi connectivity index (χ2v) is 4.43. The van der Waals surface area contributed by atoms with Gasteiger partial charge in [0, 0.05) is 3.57 Å². The molecule has 2 rings (SSSR count). The van der Waals surface area contributed by atoms with Crippen LogP contribution in [0, 0.1) is 10.5 Å². The molecule has 0 aliphatic carbocycles. The summed E-state index contributed by atoms with van der Waals surface area (Å²) in [6.45, 7) is 1.92. The van der Waals surface area contributed by atoms with Crippen LogP contribution in [0.2, 0.25) is 0 Å². The SMILES string of the molecule is Cc1ccc(C=Nc2ccc(I)cc2)o1. The van der Waals surface area contributed by atoms with Gasteiger partial charge in [-0.25, -0.2) is 0 Å². The van der Waals surface area contributed by atoms with Gasteiger partial charge in [-0.1, -0.05) is 0 Å². The quantitative estimate of drug-likeness (QED) is 0.609. The van der Waals surface area contributed by atoms with Gasteiger partial charge >= 0.3 is 0 Å². The second-order valence-electron chi connectivity index (χ2n) is 3.18. The van der Waals surface area contributed by atoms with Crippen molar-refractivity contribution in [1.29, 1.82) is 0 Å². The van der Waals surface area contributed by atoms with Crippen LogP contribution in [0.5, 0.6) is 0 Å². The maximum absolute atomic E-state index is 5.38. The molecule has 1 aromatic carbocycles. The lowest BCUT2D eigenvalue weighted by molar-refractivity contribution is 0.528. The summed E-state index contributed by atoms with van der Waals surface area (Å²) in [5.41, 5.74) is 0.935. The molecule has 0 saturated heterocycles. The highest BCUT2D eigenvalue weighted by Crippen LogP contribution is 2.14. The molecule has 0 radical (unpaired) electrons. The fourth-order valence-corrected chi connectivity index (χ4v) is 1.55. The summed E-state index contributed by atoms with van der Waals surface area (Å²) in [4.78, 5) is 4.31. The van der Waals surface area contributed by atoms with Gasteiger partial charge in [0.15, 0.2) is 0 Å². The van der Waals surface area contributed by atoms with E-state index < -0.39 is 0 Å². The Balaban J connectivity index is 2.14. The van der Waals surface area contributed by atoms with Gasteiger partial charge in [-0.3, -0.25) is 4.99 Å². The number of hydrogen-bond donors (Lipinski definition) is 0. The van der Waals surface area contributed by atoms with Crippen LogP contribution in [0.4, 0.5) is 5.69 Å². The molecule has 1 aromatic heterocycles. The molecule has 0 N–H and O–H groups in total. The Morgan fingerprint density at radius 2 is 1.87 bits per heavy atom. The molecule has 0 spiro atoms. The molecule has 0 aliphatic rings. The molecule has 0 amide bonds. The number of furan rings is 1. The third kappa shape index (κ3) is 2.92. The normalized spacial score (nSPS) is 11.1. The van der Waals surface area contributed by atoms with Crippen LogP contribution in [-0.4, -0.2) is 6.21 Å². The summed E-state index contributed by atoms with van der Waals surface area (Å²) in [7, 11) is 0. The third-order valence-electron chi connectivity index (χ3n) is 1.93. The monoisotopic (exact) mass is 311 g/mol. The van der Waals surface area contributed by atoms with E-state index in [1.54, 1.807) is 6.21 Å². The first-order chi connectivity index (χ1) is 7.24. The lowest BCUT2D eigenvalue weighted by atomic mass is 10.3. The maximum atomic E-state index is 5.38. The fourth-order valence-electron chi connectivity index (χ4n) is 1.19. The summed E-state index contributed by atoms with van der Waals surface area (Å²) in [6, 6.07) is 11.9. The molecular weight excluding hydrogens is 301 g/mol. The predicted molar refractivity (Wildman–Crippen MR) is 69.9 cm³/mol. The largest absolute Gasteiger partial charge is 0.460 e. The Bertz CT molecular complexity index is 471. The number of halogens is 1. The lowest BCUT2D eigenvalue weighted by Crippen LogP contribution is -1.74. The molecule has 0 saturated carbocycles. The molecule has 15 heavy (non-hydrogen) atoms. The highest BCUT2D eigenvalue weighted by atomic mass is 127. The van der Waals surface area contributed by atoms with Crippen molar-refractivity contribution in [3.63, 3.8) is 0 Å². The minimum Gasteiger partial charge on any atom is -0.460 e. The summed E-state index contributed by atoms with van der Waals surface area (Å²) < 4.78 is 6.59. The molecule has 76 valence electrons. The highest BCUT2D eigenvalue weighted by Gasteiger charge is 1.93. The Morgan fingerprint density at radius 3 is 2.47 bits per heavy atom. The van der Waals surface area contributed by atoms with Crippen LogP contribution in [0.15, 0.2) is 45.8 Å². The Hall–Kier alpha value is -1.10. The molecule has 0 bridgehead atoms. The second kappa shape index (κ2) is 4.61. The Labute approximate surface area is 102 Å². The first-order valence-electron chi connectivity index (χ1n) is 4.60. The molecule has 0 fully saturated rings. The van der Waals surface area contributed by atoms with Crippen LogP contribution in [0.1, 0.15) is 11.5 Å². The van der Waals surface area contributed by atoms with Crippen molar-refractivity contribution >= 4 is 34.5 Å². The molecule has 1 heterocycles. The van der Waals surface area contributed by atoms with Crippen molar-refractivity contribution in [3.8, 4) is 0 Å². The number of rotatable bonds is 2. The van der Waals surface area contributed by atoms with Crippen LogP contribution >= 0.6 is 22.6 Å². The van der Waals surface area contributed by atoms with E-state index in [1.807, 2.05) is 43.3 Å². The van der Waals surface area contributed by atoms with E-state index in [1.165, 1.54) is 3.57 Å². The summed E-state index contributed by atoms with van der Waals surface area (Å²) in [5.74, 6) is 1.69. The van der Waals surface area contributed by atoms with Crippen LogP contribution in [-0.2, 0) is 0 Å². The standard InChI is InChI=1S/C12H10INO/c1-9-2-7-12(15-9)8-14-11-5-3-10(13)4-6-11/h2-8H,1H3. The first kappa shape index (κ1) is 10.4. The molecule has 2 aromatic rings. The molecule has 0 aliphatic heterocycles. The third-order valence-corrected chi connectivity index (χ3v) is 2.65. The summed E-state index contributed by atoms with van der Waals surface area (Å²) >= 11 is 2.27. The topological polar surface area (TPSA) is 25.5 Å². The number of aryl methyl sites for hydroxylation is 1. The van der Waals surface area contributed by atoms with Gasteiger partial charge in [0.2, 0.25) is 0 Å². The van der Waals surface area contributed by atoms with E-state index in [0.717, 1.165) is 17.2 Å². The minimum atomic E-state index is 0.783. The number of benzene rings is 1. The Morgan fingerprint density at radius 1 is 1.13 bits per heavy atom. The minimum absolute atomic E-state index is 0.783. The molecular formula is C12H10INO. The number of hydrogen-bond acceptors (Lipinski definition) is 2. The zero-order valence-electron chi connectivity index (χ0n) is 8.27. The van der Waals surface area contributed by atoms with Crippen molar-refractivity contribution < 1.29 is 4.42 Å². The smallest absolute Gasteiger partial charge is 0.145 e. The van der Waals surface area contributed by atoms with Gasteiger partial charge in [-0.05, 0) is 65.9 Å². The number of nitrogens with zero attached hydrogens (tertiary/aromatic N) is 1. The van der Waals surface area contributed by atoms with E-state index in [0.29, 0.717) is 0 Å². The van der Waals surface area contributed by atoms with Gasteiger partial charge in [-0.2, -0.15) is 0 Å². The van der Waals surface area contributed by atoms with Crippen molar-refractivity contribution in [1.82, 2.24) is 0 Å². The fraction of sp³-hybridized carbons (Fsp3) is 0.0833. The lowest BCUT2D eigenvalue weighted by Gasteiger charge is -1.92. The average Bonchev–Trinajstić information content (AvgIpc) is 2.64. The molecule has 2 nitrogen and oxygen atoms in total. The average molecular weight is 311 g/mol. The van der Waals surface area contributed by atoms with Crippen molar-refractivity contribution in [3.05, 3.63) is 51.5 Å². The van der Waals surface area contributed by atoms with E-state index in [9.17, 15) is 0 Å². The van der Waals surface area contributed by atoms with Crippen LogP contribution in [0.25, 0.3) is 0 Å². The summed E-state index contributed by atoms with van der Waals surface area (Å²) in [6.07, 6.45) is 1.73. The Kier molecular flexibility index (Phi) is 3.20. The van der Waals surface area contributed by atoms with Crippen molar-refractivity contribution in [2.75, 3.05) is 0 Å². The molecule has 0 unspecified atom stereocenters. The van der Waals surface area contributed by atoms with E-state index in [2.05, 4.69) is 27.6 Å². The summed E-state index contributed by atoms with van der Waals surface area (Å²) in [5, 5.41) is 0. The van der Waals surface area contributed by atoms with Gasteiger partial charge in [0.05, 0.1) is 11.9 Å². The molecule has 3 heteroatoms. The van der Waals surface area contributed by atoms with Crippen molar-refractivity contribution in [2.24, 2.45) is 4.99 Å². The highest BCUT2D eigenvalue weighted by molar-refractivity contribution is 14.1. The van der Waals surface area contributed by atoms with E-state index in [-0.39, 0.29) is 0 Å². The predicted octanol–water partition coefficient (Wildman–Crippen LogP) is 3.94. The van der Waals surface area contributed by atoms with Crippen molar-refractivity contribution in [2.45, 2.75) is 6.92 Å². The van der Waals surface area contributed by atoms with Gasteiger partial charge < -0.3 is 4.42 Å². The van der Waals surface area contributed by atoms with Gasteiger partial charge in [0.1, 0.15) is 11.5 Å². The number of aliphatic imine (C=N–C) groups is 1. The maximum Gasteiger partial charge on any atom is 0.145 e. The first-order valence-corrected chi connectivity index (χ1v) is 5.68. The van der Waals surface area contributed by atoms with Crippen LogP contribution in [0.3, 0.4) is 0 Å². The molecule has 0 atom stereocenters. The van der Waals surface area contributed by atoms with Crippen LogP contribution < -0.4 is 0 Å². The van der Waals surface area contributed by atoms with E-state index >= 15 is 0 Å². The van der Waals surface area contributed by atoms with E-state index in [4.69, 9.17) is 4.42 Å². The zero-order chi connectivity index (χ0) is 10.7.